The molecule has 0 bridgehead atoms. The first-order chi connectivity index (χ1) is 10.3. The third kappa shape index (κ3) is 2.85. The number of aryl methyl sites for hydroxylation is 1. The number of benzene rings is 1. The molecule has 0 unspecified atom stereocenters. The van der Waals surface area contributed by atoms with Gasteiger partial charge >= 0.3 is 0 Å². The summed E-state index contributed by atoms with van der Waals surface area (Å²) < 4.78 is 49.9. The van der Waals surface area contributed by atoms with E-state index in [4.69, 9.17) is 0 Å². The molecule has 1 atom stereocenters. The van der Waals surface area contributed by atoms with Crippen LogP contribution in [0.15, 0.2) is 29.2 Å². The van der Waals surface area contributed by atoms with Crippen molar-refractivity contribution < 1.29 is 16.8 Å². The van der Waals surface area contributed by atoms with E-state index >= 15 is 0 Å². The Morgan fingerprint density at radius 3 is 2.59 bits per heavy atom. The van der Waals surface area contributed by atoms with Gasteiger partial charge in [-0.3, -0.25) is 0 Å². The minimum atomic E-state index is -3.61. The number of rotatable bonds is 3. The van der Waals surface area contributed by atoms with Crippen molar-refractivity contribution in [3.8, 4) is 0 Å². The second-order valence-corrected chi connectivity index (χ2v) is 10.2. The Bertz CT molecular complexity index is 825. The average Bonchev–Trinajstić information content (AvgIpc) is 2.86. The van der Waals surface area contributed by atoms with Crippen molar-refractivity contribution in [3.05, 3.63) is 40.3 Å². The second kappa shape index (κ2) is 5.47. The van der Waals surface area contributed by atoms with Crippen LogP contribution in [0, 0.1) is 0 Å². The molecule has 7 heteroatoms. The third-order valence-corrected chi connectivity index (χ3v) is 8.24. The van der Waals surface area contributed by atoms with E-state index in [0.717, 1.165) is 11.1 Å². The summed E-state index contributed by atoms with van der Waals surface area (Å²) in [4.78, 5) is 0.373. The maximum Gasteiger partial charge on any atom is 0.239 e. The number of allylic oxidation sites excluding steroid dienone is 1. The highest BCUT2D eigenvalue weighted by Crippen LogP contribution is 2.30. The van der Waals surface area contributed by atoms with Gasteiger partial charge in [0.25, 0.3) is 0 Å². The van der Waals surface area contributed by atoms with Gasteiger partial charge in [0.2, 0.25) is 10.0 Å². The van der Waals surface area contributed by atoms with Gasteiger partial charge in [0.1, 0.15) is 0 Å². The zero-order valence-electron chi connectivity index (χ0n) is 12.4. The lowest BCUT2D eigenvalue weighted by Gasteiger charge is -2.26. The number of sulfone groups is 1. The normalized spacial score (nSPS) is 24.1. The number of hydrogen-bond donors (Lipinski definition) is 0. The second-order valence-electron chi connectivity index (χ2n) is 5.89. The summed E-state index contributed by atoms with van der Waals surface area (Å²) in [5.41, 5.74) is 2.08. The predicted octanol–water partition coefficient (Wildman–Crippen LogP) is 1.42. The highest BCUT2D eigenvalue weighted by Gasteiger charge is 2.37. The lowest BCUT2D eigenvalue weighted by molar-refractivity contribution is 0.397. The fraction of sp³-hybridized carbons (Fsp3) is 0.467. The maximum absolute atomic E-state index is 12.8. The Balaban J connectivity index is 1.89. The van der Waals surface area contributed by atoms with Gasteiger partial charge in [-0.25, -0.2) is 16.8 Å². The van der Waals surface area contributed by atoms with Crippen LogP contribution in [0.1, 0.15) is 24.0 Å². The van der Waals surface area contributed by atoms with Crippen LogP contribution < -0.4 is 0 Å². The number of nitrogens with zero attached hydrogens (tertiary/aromatic N) is 1. The fourth-order valence-corrected chi connectivity index (χ4v) is 6.50. The van der Waals surface area contributed by atoms with E-state index in [1.165, 1.54) is 11.4 Å². The molecule has 120 valence electrons. The van der Waals surface area contributed by atoms with Gasteiger partial charge in [-0.15, -0.1) is 0 Å². The zero-order valence-corrected chi connectivity index (χ0v) is 14.0. The van der Waals surface area contributed by atoms with Crippen LogP contribution >= 0.6 is 0 Å². The highest BCUT2D eigenvalue weighted by atomic mass is 32.2. The molecule has 5 nitrogen and oxygen atoms in total. The summed E-state index contributed by atoms with van der Waals surface area (Å²) in [6.07, 6.45) is 3.25. The first kappa shape index (κ1) is 15.7. The molecule has 3 rings (SSSR count). The molecule has 22 heavy (non-hydrogen) atoms. The van der Waals surface area contributed by atoms with Gasteiger partial charge in [-0.2, -0.15) is 4.31 Å². The molecular weight excluding hydrogens is 322 g/mol. The van der Waals surface area contributed by atoms with Crippen molar-refractivity contribution in [1.82, 2.24) is 4.31 Å². The van der Waals surface area contributed by atoms with Crippen LogP contribution in [0.2, 0.25) is 0 Å². The van der Waals surface area contributed by atoms with Gasteiger partial charge in [0, 0.05) is 13.1 Å². The van der Waals surface area contributed by atoms with E-state index < -0.39 is 25.9 Å². The monoisotopic (exact) mass is 341 g/mol. The topological polar surface area (TPSA) is 71.5 Å². The molecule has 0 spiro atoms. The molecule has 1 heterocycles. The average molecular weight is 341 g/mol. The maximum atomic E-state index is 12.8. The largest absolute Gasteiger partial charge is 0.239 e. The SMILES string of the molecule is CN([C@H]1CCS(=O)(=O)C1)S(=O)(=O)C1=Cc2ccccc2CC1. The molecule has 1 aliphatic carbocycles. The zero-order chi connectivity index (χ0) is 16.0. The van der Waals surface area contributed by atoms with Crippen molar-refractivity contribution in [1.29, 1.82) is 0 Å². The van der Waals surface area contributed by atoms with Crippen molar-refractivity contribution in [2.75, 3.05) is 18.6 Å². The smallest absolute Gasteiger partial charge is 0.229 e. The molecule has 1 aliphatic heterocycles. The third-order valence-electron chi connectivity index (χ3n) is 4.45. The van der Waals surface area contributed by atoms with Crippen LogP contribution in [-0.2, 0) is 26.3 Å². The first-order valence-corrected chi connectivity index (χ1v) is 10.5. The van der Waals surface area contributed by atoms with Crippen molar-refractivity contribution in [2.45, 2.75) is 25.3 Å². The molecule has 0 aromatic heterocycles. The molecular formula is C15H19NO4S2. The number of sulfonamides is 1. The lowest BCUT2D eigenvalue weighted by Crippen LogP contribution is -2.38. The summed E-state index contributed by atoms with van der Waals surface area (Å²) in [5, 5.41) is 0. The van der Waals surface area contributed by atoms with E-state index in [2.05, 4.69) is 0 Å². The minimum Gasteiger partial charge on any atom is -0.229 e. The van der Waals surface area contributed by atoms with Gasteiger partial charge < -0.3 is 0 Å². The van der Waals surface area contributed by atoms with Gasteiger partial charge in [0.15, 0.2) is 9.84 Å². The van der Waals surface area contributed by atoms with E-state index in [1.54, 1.807) is 6.08 Å². The molecule has 0 saturated carbocycles. The van der Waals surface area contributed by atoms with Crippen molar-refractivity contribution in [3.63, 3.8) is 0 Å². The van der Waals surface area contributed by atoms with Crippen molar-refractivity contribution >= 4 is 25.9 Å². The van der Waals surface area contributed by atoms with Crippen LogP contribution in [0.4, 0.5) is 0 Å². The summed E-state index contributed by atoms with van der Waals surface area (Å²) in [6, 6.07) is 7.29. The van der Waals surface area contributed by atoms with Gasteiger partial charge in [-0.1, -0.05) is 24.3 Å². The van der Waals surface area contributed by atoms with E-state index in [-0.39, 0.29) is 11.5 Å². The quantitative estimate of drug-likeness (QED) is 0.834. The summed E-state index contributed by atoms with van der Waals surface area (Å²) >= 11 is 0. The standard InChI is InChI=1S/C15H19NO4S2/c1-16(14-8-9-21(17,18)11-14)22(19,20)15-7-6-12-4-2-3-5-13(12)10-15/h2-5,10,14H,6-9,11H2,1H3/t14-/m0/s1. The predicted molar refractivity (Wildman–Crippen MR) is 86.5 cm³/mol. The summed E-state index contributed by atoms with van der Waals surface area (Å²) in [6.45, 7) is 0. The Hall–Kier alpha value is -1.18. The first-order valence-electron chi connectivity index (χ1n) is 7.26. The van der Waals surface area contributed by atoms with Crippen LogP contribution in [0.25, 0.3) is 6.08 Å². The molecule has 1 aromatic carbocycles. The summed E-state index contributed by atoms with van der Waals surface area (Å²) in [7, 11) is -5.23. The van der Waals surface area contributed by atoms with E-state index in [0.29, 0.717) is 24.2 Å². The van der Waals surface area contributed by atoms with E-state index in [1.807, 2.05) is 24.3 Å². The molecule has 2 aliphatic rings. The minimum absolute atomic E-state index is 0.0689. The number of hydrogen-bond acceptors (Lipinski definition) is 4. The van der Waals surface area contributed by atoms with Crippen LogP contribution in [0.3, 0.4) is 0 Å². The molecule has 0 amide bonds. The van der Waals surface area contributed by atoms with E-state index in [9.17, 15) is 16.8 Å². The molecule has 0 N–H and O–H groups in total. The van der Waals surface area contributed by atoms with Gasteiger partial charge in [-0.05, 0) is 36.5 Å². The number of fused-ring (bicyclic) bond motifs is 1. The Morgan fingerprint density at radius 2 is 1.91 bits per heavy atom. The van der Waals surface area contributed by atoms with Crippen molar-refractivity contribution in [2.24, 2.45) is 0 Å². The van der Waals surface area contributed by atoms with Gasteiger partial charge in [0.05, 0.1) is 16.4 Å². The summed E-state index contributed by atoms with van der Waals surface area (Å²) in [5.74, 6) is -0.00793. The molecule has 1 fully saturated rings. The Labute approximate surface area is 131 Å². The fourth-order valence-electron chi connectivity index (χ4n) is 3.05. The molecule has 1 saturated heterocycles. The van der Waals surface area contributed by atoms with Crippen LogP contribution in [0.5, 0.6) is 0 Å². The van der Waals surface area contributed by atoms with Crippen LogP contribution in [-0.4, -0.2) is 45.7 Å². The molecule has 0 radical (unpaired) electrons. The lowest BCUT2D eigenvalue weighted by atomic mass is 9.98. The molecule has 1 aromatic rings. The Morgan fingerprint density at radius 1 is 1.18 bits per heavy atom. The Kier molecular flexibility index (Phi) is 3.91. The highest BCUT2D eigenvalue weighted by molar-refractivity contribution is 7.93.